The molecular formula is C20H24ClF2N3O4S. The highest BCUT2D eigenvalue weighted by Crippen LogP contribution is 2.37. The zero-order valence-corrected chi connectivity index (χ0v) is 18.4. The van der Waals surface area contributed by atoms with E-state index in [1.54, 1.807) is 6.07 Å². The molecule has 1 amide bonds. The Labute approximate surface area is 184 Å². The standard InChI is InChI=1S/C15H18ClF2NO2S.C5H6N2O2/c16-13-9-11(19-8-7-15(17,18)10-19)5-6-14(13)22(20,21)12-3-1-2-4-12;6-3-5(1-2-5)7-4(8)9/h5-6,9,12H,1-4,7-8,10H2;7H,1-2H2,(H,8,9). The summed E-state index contributed by atoms with van der Waals surface area (Å²) in [6, 6.07) is 6.42. The number of amides is 1. The first-order chi connectivity index (χ1) is 14.5. The Kier molecular flexibility index (Phi) is 6.67. The lowest BCUT2D eigenvalue weighted by molar-refractivity contribution is 0.0257. The number of alkyl halides is 2. The van der Waals surface area contributed by atoms with Gasteiger partial charge in [-0.2, -0.15) is 5.26 Å². The summed E-state index contributed by atoms with van der Waals surface area (Å²) >= 11 is 6.15. The van der Waals surface area contributed by atoms with Crippen molar-refractivity contribution in [3.63, 3.8) is 0 Å². The normalized spacial score (nSPS) is 21.7. The topological polar surface area (TPSA) is 110 Å². The number of hydrogen-bond donors (Lipinski definition) is 2. The number of hydrogen-bond acceptors (Lipinski definition) is 5. The lowest BCUT2D eigenvalue weighted by Gasteiger charge is -2.20. The zero-order chi connectivity index (χ0) is 22.9. The van der Waals surface area contributed by atoms with Crippen LogP contribution in [0.25, 0.3) is 0 Å². The van der Waals surface area contributed by atoms with E-state index in [-0.39, 0.29) is 34.7 Å². The molecule has 0 spiro atoms. The zero-order valence-electron chi connectivity index (χ0n) is 16.8. The van der Waals surface area contributed by atoms with Gasteiger partial charge in [0, 0.05) is 18.7 Å². The summed E-state index contributed by atoms with van der Waals surface area (Å²) in [7, 11) is -3.43. The molecule has 0 unspecified atom stereocenters. The molecule has 2 aliphatic carbocycles. The van der Waals surface area contributed by atoms with E-state index in [1.807, 2.05) is 6.07 Å². The van der Waals surface area contributed by atoms with Gasteiger partial charge in [-0.3, -0.25) is 0 Å². The Morgan fingerprint density at radius 1 is 1.26 bits per heavy atom. The molecule has 1 aromatic carbocycles. The van der Waals surface area contributed by atoms with Crippen LogP contribution < -0.4 is 10.2 Å². The molecular weight excluding hydrogens is 452 g/mol. The van der Waals surface area contributed by atoms with Crippen LogP contribution in [0.3, 0.4) is 0 Å². The highest BCUT2D eigenvalue weighted by Gasteiger charge is 2.44. The fourth-order valence-corrected chi connectivity index (χ4v) is 6.25. The van der Waals surface area contributed by atoms with Gasteiger partial charge in [-0.25, -0.2) is 22.0 Å². The number of carbonyl (C=O) groups is 1. The number of benzene rings is 1. The SMILES string of the molecule is N#CC1(NC(=O)O)CC1.O=S(=O)(c1ccc(N2CCC(F)(F)C2)cc1Cl)C1CCCC1. The number of nitrogens with zero attached hydrogens (tertiary/aromatic N) is 2. The summed E-state index contributed by atoms with van der Waals surface area (Å²) in [6.07, 6.45) is 3.16. The van der Waals surface area contributed by atoms with Crippen LogP contribution in [0.2, 0.25) is 5.02 Å². The van der Waals surface area contributed by atoms with Crippen LogP contribution in [0.4, 0.5) is 19.3 Å². The Morgan fingerprint density at radius 3 is 2.32 bits per heavy atom. The second-order valence-corrected chi connectivity index (χ2v) is 10.8. The van der Waals surface area contributed by atoms with Crippen LogP contribution in [0, 0.1) is 11.3 Å². The Bertz CT molecular complexity index is 987. The molecule has 3 aliphatic rings. The van der Waals surface area contributed by atoms with Crippen molar-refractivity contribution in [2.24, 2.45) is 0 Å². The molecule has 0 aromatic heterocycles. The number of rotatable bonds is 4. The number of anilines is 1. The van der Waals surface area contributed by atoms with Gasteiger partial charge in [0.25, 0.3) is 5.92 Å². The van der Waals surface area contributed by atoms with Gasteiger partial charge in [-0.15, -0.1) is 0 Å². The predicted octanol–water partition coefficient (Wildman–Crippen LogP) is 4.21. The Morgan fingerprint density at radius 2 is 1.90 bits per heavy atom. The van der Waals surface area contributed by atoms with Gasteiger partial charge in [0.05, 0.1) is 27.8 Å². The lowest BCUT2D eigenvalue weighted by atomic mass is 10.3. The third kappa shape index (κ3) is 5.57. The van der Waals surface area contributed by atoms with E-state index in [2.05, 4.69) is 5.32 Å². The second kappa shape index (κ2) is 8.79. The molecule has 1 heterocycles. The first-order valence-electron chi connectivity index (χ1n) is 10.1. The molecule has 4 rings (SSSR count). The average molecular weight is 476 g/mol. The first-order valence-corrected chi connectivity index (χ1v) is 12.0. The van der Waals surface area contributed by atoms with Crippen LogP contribution in [0.1, 0.15) is 44.9 Å². The summed E-state index contributed by atoms with van der Waals surface area (Å²) in [5.41, 5.74) is -0.182. The summed E-state index contributed by atoms with van der Waals surface area (Å²) in [5.74, 6) is -2.69. The van der Waals surface area contributed by atoms with Crippen molar-refractivity contribution < 1.29 is 27.1 Å². The summed E-state index contributed by atoms with van der Waals surface area (Å²) < 4.78 is 51.7. The summed E-state index contributed by atoms with van der Waals surface area (Å²) in [6.45, 7) is -0.101. The van der Waals surface area contributed by atoms with E-state index >= 15 is 0 Å². The van der Waals surface area contributed by atoms with Gasteiger partial charge in [0.15, 0.2) is 9.84 Å². The van der Waals surface area contributed by atoms with E-state index in [0.29, 0.717) is 31.4 Å². The van der Waals surface area contributed by atoms with Gasteiger partial charge in [-0.05, 0) is 43.9 Å². The summed E-state index contributed by atoms with van der Waals surface area (Å²) in [5, 5.41) is 18.4. The highest BCUT2D eigenvalue weighted by atomic mass is 35.5. The quantitative estimate of drug-likeness (QED) is 0.674. The van der Waals surface area contributed by atoms with Crippen LogP contribution in [-0.4, -0.2) is 49.4 Å². The maximum atomic E-state index is 13.3. The lowest BCUT2D eigenvalue weighted by Crippen LogP contribution is -2.33. The molecule has 0 radical (unpaired) electrons. The smallest absolute Gasteiger partial charge is 0.405 e. The molecule has 31 heavy (non-hydrogen) atoms. The molecule has 11 heteroatoms. The number of nitrogens with one attached hydrogen (secondary N) is 1. The fourth-order valence-electron chi connectivity index (χ4n) is 3.85. The van der Waals surface area contributed by atoms with Gasteiger partial charge >= 0.3 is 6.09 Å². The monoisotopic (exact) mass is 475 g/mol. The van der Waals surface area contributed by atoms with Crippen molar-refractivity contribution >= 4 is 33.2 Å². The van der Waals surface area contributed by atoms with E-state index in [9.17, 15) is 22.0 Å². The fraction of sp³-hybridized carbons (Fsp3) is 0.600. The molecule has 1 aliphatic heterocycles. The maximum absolute atomic E-state index is 13.3. The van der Waals surface area contributed by atoms with Gasteiger partial charge in [0.2, 0.25) is 0 Å². The van der Waals surface area contributed by atoms with Gasteiger partial charge in [0.1, 0.15) is 5.54 Å². The number of sulfone groups is 1. The van der Waals surface area contributed by atoms with E-state index in [1.165, 1.54) is 17.0 Å². The highest BCUT2D eigenvalue weighted by molar-refractivity contribution is 7.92. The van der Waals surface area contributed by atoms with Crippen molar-refractivity contribution in [3.05, 3.63) is 23.2 Å². The molecule has 7 nitrogen and oxygen atoms in total. The van der Waals surface area contributed by atoms with E-state index in [0.717, 1.165) is 12.8 Å². The third-order valence-corrected chi connectivity index (χ3v) is 8.55. The van der Waals surface area contributed by atoms with Gasteiger partial charge in [-0.1, -0.05) is 24.4 Å². The minimum absolute atomic E-state index is 0.121. The van der Waals surface area contributed by atoms with Crippen LogP contribution in [-0.2, 0) is 9.84 Å². The van der Waals surface area contributed by atoms with Crippen molar-refractivity contribution in [2.75, 3.05) is 18.0 Å². The van der Waals surface area contributed by atoms with Crippen LogP contribution >= 0.6 is 11.6 Å². The molecule has 170 valence electrons. The van der Waals surface area contributed by atoms with Gasteiger partial charge < -0.3 is 15.3 Å². The molecule has 1 aromatic rings. The Hall–Kier alpha value is -2.12. The third-order valence-electron chi connectivity index (χ3n) is 5.81. The second-order valence-electron chi connectivity index (χ2n) is 8.22. The minimum Gasteiger partial charge on any atom is -0.465 e. The van der Waals surface area contributed by atoms with Crippen molar-refractivity contribution in [2.45, 2.75) is 66.6 Å². The molecule has 2 saturated carbocycles. The predicted molar refractivity (Wildman–Crippen MR) is 111 cm³/mol. The average Bonchev–Trinajstić information content (AvgIpc) is 3.08. The maximum Gasteiger partial charge on any atom is 0.405 e. The number of nitriles is 1. The minimum atomic E-state index is -3.43. The van der Waals surface area contributed by atoms with Crippen molar-refractivity contribution in [1.29, 1.82) is 5.26 Å². The van der Waals surface area contributed by atoms with E-state index in [4.69, 9.17) is 22.0 Å². The first kappa shape index (κ1) is 23.5. The van der Waals surface area contributed by atoms with E-state index < -0.39 is 27.4 Å². The molecule has 0 bridgehead atoms. The molecule has 1 saturated heterocycles. The molecule has 3 fully saturated rings. The van der Waals surface area contributed by atoms with Crippen LogP contribution in [0.15, 0.2) is 23.1 Å². The van der Waals surface area contributed by atoms with Crippen LogP contribution in [0.5, 0.6) is 0 Å². The van der Waals surface area contributed by atoms with Crippen molar-refractivity contribution in [3.8, 4) is 6.07 Å². The molecule has 2 N–H and O–H groups in total. The largest absolute Gasteiger partial charge is 0.465 e. The number of halogens is 3. The summed E-state index contributed by atoms with van der Waals surface area (Å²) in [4.78, 5) is 11.6. The van der Waals surface area contributed by atoms with Crippen molar-refractivity contribution in [1.82, 2.24) is 5.32 Å². The Balaban J connectivity index is 0.000000254. The molecule has 0 atom stereocenters. The number of carboxylic acid groups (broad SMARTS) is 1.